The molecule has 1 amide bonds. The molecule has 0 aliphatic carbocycles. The summed E-state index contributed by atoms with van der Waals surface area (Å²) in [5.41, 5.74) is 9.12. The van der Waals surface area contributed by atoms with Gasteiger partial charge in [0.15, 0.2) is 17.2 Å². The monoisotopic (exact) mass is 453 g/mol. The van der Waals surface area contributed by atoms with Crippen molar-refractivity contribution >= 4 is 22.6 Å². The van der Waals surface area contributed by atoms with Gasteiger partial charge in [-0.05, 0) is 24.3 Å². The van der Waals surface area contributed by atoms with E-state index in [1.54, 1.807) is 24.5 Å². The Hall–Kier alpha value is -4.86. The molecule has 1 aromatic carbocycles. The molecule has 34 heavy (non-hydrogen) atoms. The Labute approximate surface area is 193 Å². The van der Waals surface area contributed by atoms with E-state index >= 15 is 0 Å². The molecule has 5 rings (SSSR count). The molecule has 0 aliphatic heterocycles. The van der Waals surface area contributed by atoms with Crippen LogP contribution in [0.2, 0.25) is 0 Å². The highest BCUT2D eigenvalue weighted by Crippen LogP contribution is 2.31. The Morgan fingerprint density at radius 3 is 2.71 bits per heavy atom. The third kappa shape index (κ3) is 3.99. The minimum Gasteiger partial charge on any atom is -0.481 e. The summed E-state index contributed by atoms with van der Waals surface area (Å²) in [6.45, 7) is 0.176. The van der Waals surface area contributed by atoms with Crippen molar-refractivity contribution in [3.8, 4) is 28.7 Å². The lowest BCUT2D eigenvalue weighted by atomic mass is 10.1. The SMILES string of the molecule is COc1ncccc1CNC(=O)c1nc(-c2ccc3ncccc3c2)c(-c2ncco2)nc1N. The van der Waals surface area contributed by atoms with Crippen LogP contribution in [0.25, 0.3) is 33.7 Å². The van der Waals surface area contributed by atoms with E-state index in [1.807, 2.05) is 30.3 Å². The Morgan fingerprint density at radius 1 is 1.03 bits per heavy atom. The van der Waals surface area contributed by atoms with Gasteiger partial charge in [0, 0.05) is 35.5 Å². The average Bonchev–Trinajstić information content (AvgIpc) is 3.42. The molecular formula is C24H19N7O3. The summed E-state index contributed by atoms with van der Waals surface area (Å²) < 4.78 is 10.7. The third-order valence-electron chi connectivity index (χ3n) is 5.13. The first-order chi connectivity index (χ1) is 16.6. The smallest absolute Gasteiger partial charge is 0.274 e. The number of fused-ring (bicyclic) bond motifs is 1. The molecule has 4 aromatic heterocycles. The van der Waals surface area contributed by atoms with Crippen molar-refractivity contribution in [3.05, 3.63) is 78.6 Å². The maximum absolute atomic E-state index is 13.0. The maximum atomic E-state index is 13.0. The van der Waals surface area contributed by atoms with Gasteiger partial charge in [-0.3, -0.25) is 9.78 Å². The number of anilines is 1. The summed E-state index contributed by atoms with van der Waals surface area (Å²) in [4.78, 5) is 34.7. The third-order valence-corrected chi connectivity index (χ3v) is 5.13. The quantitative estimate of drug-likeness (QED) is 0.396. The van der Waals surface area contributed by atoms with Gasteiger partial charge in [0.1, 0.15) is 12.0 Å². The zero-order chi connectivity index (χ0) is 23.5. The molecule has 0 radical (unpaired) electrons. The van der Waals surface area contributed by atoms with E-state index in [-0.39, 0.29) is 23.9 Å². The number of carbonyl (C=O) groups excluding carboxylic acids is 1. The number of carbonyl (C=O) groups is 1. The topological polar surface area (TPSA) is 142 Å². The molecule has 0 atom stereocenters. The number of oxazole rings is 1. The van der Waals surface area contributed by atoms with Crippen LogP contribution in [0.4, 0.5) is 5.82 Å². The van der Waals surface area contributed by atoms with Crippen LogP contribution in [0.15, 0.2) is 71.7 Å². The van der Waals surface area contributed by atoms with Crippen molar-refractivity contribution in [1.29, 1.82) is 0 Å². The lowest BCUT2D eigenvalue weighted by molar-refractivity contribution is 0.0946. The number of nitrogens with one attached hydrogen (secondary N) is 1. The fourth-order valence-corrected chi connectivity index (χ4v) is 3.53. The summed E-state index contributed by atoms with van der Waals surface area (Å²) in [5, 5.41) is 3.71. The number of nitrogen functional groups attached to an aromatic ring is 1. The molecule has 4 heterocycles. The number of hydrogen-bond acceptors (Lipinski definition) is 9. The Morgan fingerprint density at radius 2 is 1.88 bits per heavy atom. The molecule has 0 aliphatic rings. The molecule has 3 N–H and O–H groups in total. The van der Waals surface area contributed by atoms with Gasteiger partial charge in [-0.15, -0.1) is 0 Å². The van der Waals surface area contributed by atoms with Crippen molar-refractivity contribution in [2.45, 2.75) is 6.54 Å². The average molecular weight is 453 g/mol. The number of methoxy groups -OCH3 is 1. The second-order valence-corrected chi connectivity index (χ2v) is 7.26. The molecule has 168 valence electrons. The number of ether oxygens (including phenoxy) is 1. The first kappa shape index (κ1) is 21.0. The Bertz CT molecular complexity index is 1490. The minimum absolute atomic E-state index is 0.0144. The van der Waals surface area contributed by atoms with Gasteiger partial charge in [-0.2, -0.15) is 0 Å². The van der Waals surface area contributed by atoms with E-state index in [4.69, 9.17) is 14.9 Å². The maximum Gasteiger partial charge on any atom is 0.274 e. The summed E-state index contributed by atoms with van der Waals surface area (Å²) in [5.74, 6) is 0.132. The van der Waals surface area contributed by atoms with Crippen LogP contribution in [0, 0.1) is 0 Å². The molecule has 5 aromatic rings. The van der Waals surface area contributed by atoms with Crippen molar-refractivity contribution in [2.24, 2.45) is 0 Å². The zero-order valence-electron chi connectivity index (χ0n) is 18.1. The number of nitrogens with two attached hydrogens (primary N) is 1. The molecule has 0 unspecified atom stereocenters. The van der Waals surface area contributed by atoms with Crippen LogP contribution in [-0.2, 0) is 6.54 Å². The fraction of sp³-hybridized carbons (Fsp3) is 0.0833. The molecule has 10 heteroatoms. The fourth-order valence-electron chi connectivity index (χ4n) is 3.53. The van der Waals surface area contributed by atoms with Gasteiger partial charge in [-0.25, -0.2) is 19.9 Å². The summed E-state index contributed by atoms with van der Waals surface area (Å²) in [7, 11) is 1.52. The zero-order valence-corrected chi connectivity index (χ0v) is 18.1. The first-order valence-corrected chi connectivity index (χ1v) is 10.3. The number of pyridine rings is 2. The molecule has 0 spiro atoms. The van der Waals surface area contributed by atoms with Gasteiger partial charge in [0.25, 0.3) is 5.91 Å². The van der Waals surface area contributed by atoms with Gasteiger partial charge in [0.05, 0.1) is 18.8 Å². The van der Waals surface area contributed by atoms with E-state index in [0.29, 0.717) is 28.4 Å². The number of nitrogens with zero attached hydrogens (tertiary/aromatic N) is 5. The van der Waals surface area contributed by atoms with Gasteiger partial charge < -0.3 is 20.2 Å². The van der Waals surface area contributed by atoms with Crippen molar-refractivity contribution in [2.75, 3.05) is 12.8 Å². The highest BCUT2D eigenvalue weighted by atomic mass is 16.5. The van der Waals surface area contributed by atoms with Crippen molar-refractivity contribution < 1.29 is 13.9 Å². The number of aromatic nitrogens is 5. The van der Waals surface area contributed by atoms with Crippen LogP contribution < -0.4 is 15.8 Å². The molecule has 0 saturated heterocycles. The number of hydrogen-bond donors (Lipinski definition) is 2. The molecule has 0 fully saturated rings. The predicted molar refractivity (Wildman–Crippen MR) is 125 cm³/mol. The molecular weight excluding hydrogens is 434 g/mol. The van der Waals surface area contributed by atoms with Crippen molar-refractivity contribution in [1.82, 2.24) is 30.2 Å². The molecule has 0 saturated carbocycles. The number of benzene rings is 1. The Balaban J connectivity index is 1.55. The van der Waals surface area contributed by atoms with Crippen LogP contribution in [-0.4, -0.2) is 37.9 Å². The highest BCUT2D eigenvalue weighted by molar-refractivity contribution is 5.98. The Kier molecular flexibility index (Phi) is 5.53. The molecule has 10 nitrogen and oxygen atoms in total. The van der Waals surface area contributed by atoms with Crippen LogP contribution in [0.3, 0.4) is 0 Å². The predicted octanol–water partition coefficient (Wildman–Crippen LogP) is 3.26. The number of amides is 1. The van der Waals surface area contributed by atoms with E-state index in [2.05, 4.69) is 30.2 Å². The van der Waals surface area contributed by atoms with E-state index < -0.39 is 5.91 Å². The van der Waals surface area contributed by atoms with Crippen LogP contribution in [0.1, 0.15) is 16.1 Å². The summed E-state index contributed by atoms with van der Waals surface area (Å²) in [6.07, 6.45) is 6.27. The summed E-state index contributed by atoms with van der Waals surface area (Å²) in [6, 6.07) is 13.0. The van der Waals surface area contributed by atoms with Crippen LogP contribution >= 0.6 is 0 Å². The largest absolute Gasteiger partial charge is 0.481 e. The second-order valence-electron chi connectivity index (χ2n) is 7.26. The van der Waals surface area contributed by atoms with Gasteiger partial charge in [0.2, 0.25) is 11.8 Å². The highest BCUT2D eigenvalue weighted by Gasteiger charge is 2.22. The standard InChI is InChI=1S/C24H19N7O3/c1-33-23-16(5-3-9-27-23)13-29-22(32)20-21(25)31-19(24-28-10-11-34-24)18(30-20)15-6-7-17-14(12-15)4-2-8-26-17/h2-12H,13H2,1H3,(H2,25,31)(H,29,32). The van der Waals surface area contributed by atoms with Gasteiger partial charge >= 0.3 is 0 Å². The van der Waals surface area contributed by atoms with Crippen LogP contribution in [0.5, 0.6) is 5.88 Å². The first-order valence-electron chi connectivity index (χ1n) is 10.3. The van der Waals surface area contributed by atoms with E-state index in [0.717, 1.165) is 10.9 Å². The van der Waals surface area contributed by atoms with Crippen molar-refractivity contribution in [3.63, 3.8) is 0 Å². The lowest BCUT2D eigenvalue weighted by Crippen LogP contribution is -2.26. The van der Waals surface area contributed by atoms with Gasteiger partial charge in [-0.1, -0.05) is 18.2 Å². The lowest BCUT2D eigenvalue weighted by Gasteiger charge is -2.12. The normalized spacial score (nSPS) is 10.9. The summed E-state index contributed by atoms with van der Waals surface area (Å²) >= 11 is 0. The second kappa shape index (κ2) is 8.94. The van der Waals surface area contributed by atoms with E-state index in [9.17, 15) is 4.79 Å². The number of rotatable bonds is 6. The molecule has 0 bridgehead atoms. The minimum atomic E-state index is -0.487. The van der Waals surface area contributed by atoms with E-state index in [1.165, 1.54) is 19.6 Å².